The van der Waals surface area contributed by atoms with Gasteiger partial charge in [0.2, 0.25) is 0 Å². The summed E-state index contributed by atoms with van der Waals surface area (Å²) in [4.78, 5) is 2.53. The van der Waals surface area contributed by atoms with Crippen LogP contribution in [0.4, 0.5) is 4.39 Å². The second kappa shape index (κ2) is 5.22. The van der Waals surface area contributed by atoms with Crippen molar-refractivity contribution in [3.05, 3.63) is 35.6 Å². The average molecular weight is 262 g/mol. The Kier molecular flexibility index (Phi) is 3.59. The average Bonchev–Trinajstić information content (AvgIpc) is 2.87. The van der Waals surface area contributed by atoms with Crippen molar-refractivity contribution in [2.24, 2.45) is 0 Å². The molecule has 3 heteroatoms. The highest BCUT2D eigenvalue weighted by atomic mass is 19.1. The molecule has 0 amide bonds. The van der Waals surface area contributed by atoms with Crippen LogP contribution >= 0.6 is 0 Å². The van der Waals surface area contributed by atoms with Crippen LogP contribution in [-0.2, 0) is 6.54 Å². The SMILES string of the molecule is CC1CN(Cc2ccccc2F)C2(CCCC2)CN1. The lowest BCUT2D eigenvalue weighted by Crippen LogP contribution is -2.62. The van der Waals surface area contributed by atoms with Crippen LogP contribution < -0.4 is 5.32 Å². The van der Waals surface area contributed by atoms with Crippen molar-refractivity contribution in [1.82, 2.24) is 10.2 Å². The molecule has 1 saturated heterocycles. The third-order valence-corrected chi connectivity index (χ3v) is 4.80. The van der Waals surface area contributed by atoms with E-state index in [4.69, 9.17) is 0 Å². The Morgan fingerprint density at radius 2 is 2.05 bits per heavy atom. The molecule has 1 spiro atoms. The van der Waals surface area contributed by atoms with Crippen molar-refractivity contribution < 1.29 is 4.39 Å². The van der Waals surface area contributed by atoms with E-state index >= 15 is 0 Å². The number of nitrogens with zero attached hydrogens (tertiary/aromatic N) is 1. The number of halogens is 1. The molecule has 1 aromatic rings. The van der Waals surface area contributed by atoms with E-state index in [1.807, 2.05) is 12.1 Å². The predicted molar refractivity (Wildman–Crippen MR) is 75.5 cm³/mol. The maximum absolute atomic E-state index is 13.9. The fourth-order valence-electron chi connectivity index (χ4n) is 3.66. The second-order valence-electron chi connectivity index (χ2n) is 6.19. The van der Waals surface area contributed by atoms with Gasteiger partial charge in [0.15, 0.2) is 0 Å². The monoisotopic (exact) mass is 262 g/mol. The molecule has 2 fully saturated rings. The highest BCUT2D eigenvalue weighted by Crippen LogP contribution is 2.37. The van der Waals surface area contributed by atoms with Crippen LogP contribution in [0.2, 0.25) is 0 Å². The van der Waals surface area contributed by atoms with E-state index in [2.05, 4.69) is 17.1 Å². The highest BCUT2D eigenvalue weighted by Gasteiger charge is 2.42. The lowest BCUT2D eigenvalue weighted by Gasteiger charge is -2.47. The summed E-state index contributed by atoms with van der Waals surface area (Å²) in [6.07, 6.45) is 5.12. The van der Waals surface area contributed by atoms with E-state index in [0.29, 0.717) is 6.04 Å². The molecule has 1 aromatic carbocycles. The molecule has 1 N–H and O–H groups in total. The van der Waals surface area contributed by atoms with Crippen molar-refractivity contribution in [3.8, 4) is 0 Å². The molecule has 0 aromatic heterocycles. The lowest BCUT2D eigenvalue weighted by atomic mass is 9.90. The number of piperazine rings is 1. The zero-order valence-corrected chi connectivity index (χ0v) is 11.7. The first-order chi connectivity index (χ1) is 9.20. The van der Waals surface area contributed by atoms with Crippen molar-refractivity contribution >= 4 is 0 Å². The lowest BCUT2D eigenvalue weighted by molar-refractivity contribution is 0.0384. The van der Waals surface area contributed by atoms with Crippen molar-refractivity contribution in [2.45, 2.75) is 50.7 Å². The minimum Gasteiger partial charge on any atom is -0.311 e. The van der Waals surface area contributed by atoms with Crippen molar-refractivity contribution in [2.75, 3.05) is 13.1 Å². The van der Waals surface area contributed by atoms with Gasteiger partial charge in [-0.2, -0.15) is 0 Å². The van der Waals surface area contributed by atoms with Gasteiger partial charge in [0.25, 0.3) is 0 Å². The van der Waals surface area contributed by atoms with E-state index in [1.165, 1.54) is 25.7 Å². The first-order valence-electron chi connectivity index (χ1n) is 7.41. The quantitative estimate of drug-likeness (QED) is 0.881. The number of nitrogens with one attached hydrogen (secondary N) is 1. The summed E-state index contributed by atoms with van der Waals surface area (Å²) in [5.74, 6) is -0.0677. The van der Waals surface area contributed by atoms with Gasteiger partial charge in [-0.25, -0.2) is 4.39 Å². The molecule has 1 unspecified atom stereocenters. The molecule has 1 atom stereocenters. The van der Waals surface area contributed by atoms with E-state index in [-0.39, 0.29) is 11.4 Å². The topological polar surface area (TPSA) is 15.3 Å². The summed E-state index contributed by atoms with van der Waals surface area (Å²) < 4.78 is 13.9. The van der Waals surface area contributed by atoms with E-state index < -0.39 is 0 Å². The summed E-state index contributed by atoms with van der Waals surface area (Å²) in [5, 5.41) is 3.61. The summed E-state index contributed by atoms with van der Waals surface area (Å²) in [7, 11) is 0. The summed E-state index contributed by atoms with van der Waals surface area (Å²) >= 11 is 0. The second-order valence-corrected chi connectivity index (χ2v) is 6.19. The van der Waals surface area contributed by atoms with Gasteiger partial charge in [-0.3, -0.25) is 4.90 Å². The zero-order valence-electron chi connectivity index (χ0n) is 11.7. The first kappa shape index (κ1) is 13.1. The van der Waals surface area contributed by atoms with Crippen LogP contribution in [0, 0.1) is 5.82 Å². The molecular formula is C16H23FN2. The Bertz CT molecular complexity index is 440. The van der Waals surface area contributed by atoms with Gasteiger partial charge in [-0.15, -0.1) is 0 Å². The maximum Gasteiger partial charge on any atom is 0.127 e. The van der Waals surface area contributed by atoms with Gasteiger partial charge in [0.05, 0.1) is 0 Å². The predicted octanol–water partition coefficient (Wildman–Crippen LogP) is 2.93. The van der Waals surface area contributed by atoms with Crippen LogP contribution in [0.25, 0.3) is 0 Å². The summed E-state index contributed by atoms with van der Waals surface area (Å²) in [6.45, 7) is 5.05. The minimum atomic E-state index is -0.0677. The fourth-order valence-corrected chi connectivity index (χ4v) is 3.66. The van der Waals surface area contributed by atoms with Crippen LogP contribution in [0.1, 0.15) is 38.2 Å². The van der Waals surface area contributed by atoms with Gasteiger partial charge < -0.3 is 5.32 Å². The summed E-state index contributed by atoms with van der Waals surface area (Å²) in [6, 6.07) is 7.70. The van der Waals surface area contributed by atoms with E-state index in [1.54, 1.807) is 12.1 Å². The molecule has 0 bridgehead atoms. The zero-order chi connectivity index (χ0) is 13.3. The van der Waals surface area contributed by atoms with Gasteiger partial charge in [-0.1, -0.05) is 31.0 Å². The van der Waals surface area contributed by atoms with Crippen molar-refractivity contribution in [1.29, 1.82) is 0 Å². The van der Waals surface area contributed by atoms with Gasteiger partial charge in [0.1, 0.15) is 5.82 Å². The molecule has 104 valence electrons. The number of hydrogen-bond acceptors (Lipinski definition) is 2. The van der Waals surface area contributed by atoms with Crippen LogP contribution in [0.15, 0.2) is 24.3 Å². The largest absolute Gasteiger partial charge is 0.311 e. The molecular weight excluding hydrogens is 239 g/mol. The van der Waals surface area contributed by atoms with Gasteiger partial charge in [-0.05, 0) is 25.8 Å². The van der Waals surface area contributed by atoms with Crippen molar-refractivity contribution in [3.63, 3.8) is 0 Å². The van der Waals surface area contributed by atoms with Gasteiger partial charge >= 0.3 is 0 Å². The number of hydrogen-bond donors (Lipinski definition) is 1. The molecule has 0 radical (unpaired) electrons. The van der Waals surface area contributed by atoms with Gasteiger partial charge in [0, 0.05) is 36.8 Å². The Labute approximate surface area is 115 Å². The number of rotatable bonds is 2. The minimum absolute atomic E-state index is 0.0677. The fraction of sp³-hybridized carbons (Fsp3) is 0.625. The molecule has 1 heterocycles. The molecule has 1 saturated carbocycles. The molecule has 1 aliphatic carbocycles. The first-order valence-corrected chi connectivity index (χ1v) is 7.41. The van der Waals surface area contributed by atoms with Crippen LogP contribution in [-0.4, -0.2) is 29.6 Å². The Morgan fingerprint density at radius 3 is 2.79 bits per heavy atom. The van der Waals surface area contributed by atoms with Crippen LogP contribution in [0.3, 0.4) is 0 Å². The Hall–Kier alpha value is -0.930. The Balaban J connectivity index is 1.81. The smallest absolute Gasteiger partial charge is 0.127 e. The van der Waals surface area contributed by atoms with E-state index in [9.17, 15) is 4.39 Å². The van der Waals surface area contributed by atoms with E-state index in [0.717, 1.165) is 25.2 Å². The standard InChI is InChI=1S/C16H23FN2/c1-13-10-19(11-14-6-2-3-7-15(14)17)16(12-18-13)8-4-5-9-16/h2-3,6-7,13,18H,4-5,8-12H2,1H3. The summed E-state index contributed by atoms with van der Waals surface area (Å²) in [5.41, 5.74) is 1.11. The maximum atomic E-state index is 13.9. The third kappa shape index (κ3) is 2.54. The molecule has 2 aliphatic rings. The van der Waals surface area contributed by atoms with Crippen LogP contribution in [0.5, 0.6) is 0 Å². The number of benzene rings is 1. The molecule has 3 rings (SSSR count). The normalized spacial score (nSPS) is 26.9. The molecule has 19 heavy (non-hydrogen) atoms. The molecule has 2 nitrogen and oxygen atoms in total. The highest BCUT2D eigenvalue weighted by molar-refractivity contribution is 5.18. The third-order valence-electron chi connectivity index (χ3n) is 4.80. The molecule has 1 aliphatic heterocycles. The Morgan fingerprint density at radius 1 is 1.32 bits per heavy atom.